The fourth-order valence-electron chi connectivity index (χ4n) is 4.97. The van der Waals surface area contributed by atoms with Crippen molar-refractivity contribution in [1.82, 2.24) is 4.57 Å². The van der Waals surface area contributed by atoms with Crippen LogP contribution in [0, 0.1) is 0 Å². The molecule has 0 aliphatic heterocycles. The summed E-state index contributed by atoms with van der Waals surface area (Å²) in [7, 11) is 2.23. The second kappa shape index (κ2) is 22.0. The highest BCUT2D eigenvalue weighted by molar-refractivity contribution is 4.82. The van der Waals surface area contributed by atoms with E-state index < -0.39 is 0 Å². The van der Waals surface area contributed by atoms with Gasteiger partial charge >= 0.3 is 0 Å². The zero-order valence-corrected chi connectivity index (χ0v) is 22.5. The second-order valence-electron chi connectivity index (χ2n) is 10.3. The molecule has 1 rings (SSSR count). The molecule has 0 aliphatic carbocycles. The minimum atomic E-state index is 1.21. The maximum absolute atomic E-state index is 2.53. The number of hydrogen-bond donors (Lipinski definition) is 0. The molecule has 1 aromatic heterocycles. The van der Waals surface area contributed by atoms with Crippen LogP contribution in [0.15, 0.2) is 12.4 Å². The first-order valence-electron chi connectivity index (χ1n) is 14.8. The maximum Gasteiger partial charge on any atom is 0.256 e. The monoisotopic (exact) mass is 447 g/mol. The van der Waals surface area contributed by atoms with E-state index in [1.165, 1.54) is 160 Å². The van der Waals surface area contributed by atoms with Crippen molar-refractivity contribution < 1.29 is 4.57 Å². The molecule has 0 aliphatic rings. The van der Waals surface area contributed by atoms with Gasteiger partial charge < -0.3 is 0 Å². The first-order valence-corrected chi connectivity index (χ1v) is 14.8. The molecule has 0 amide bonds. The Labute approximate surface area is 202 Å². The van der Waals surface area contributed by atoms with Gasteiger partial charge in [-0.25, -0.2) is 9.13 Å². The van der Waals surface area contributed by atoms with Crippen LogP contribution in [0.2, 0.25) is 0 Å². The molecule has 0 saturated carbocycles. The number of imidazole rings is 1. The van der Waals surface area contributed by atoms with Gasteiger partial charge in [0.15, 0.2) is 0 Å². The summed E-state index contributed by atoms with van der Waals surface area (Å²) in [5.41, 5.74) is 0. The van der Waals surface area contributed by atoms with Crippen LogP contribution in [0.5, 0.6) is 0 Å². The van der Waals surface area contributed by atoms with Crippen molar-refractivity contribution >= 4 is 0 Å². The number of unbranched alkanes of at least 4 members (excludes halogenated alkanes) is 20. The third-order valence-corrected chi connectivity index (χ3v) is 7.22. The van der Waals surface area contributed by atoms with Crippen molar-refractivity contribution in [2.75, 3.05) is 0 Å². The Hall–Kier alpha value is -0.790. The third-order valence-electron chi connectivity index (χ3n) is 7.22. The molecular weight excluding hydrogens is 388 g/mol. The second-order valence-corrected chi connectivity index (χ2v) is 10.3. The molecule has 32 heavy (non-hydrogen) atoms. The SMILES string of the molecule is CCCCCCCCCCCCCCc1n(C)cc[n+]1CCCCCCCCCCCC. The van der Waals surface area contributed by atoms with Gasteiger partial charge in [0, 0.05) is 6.42 Å². The smallest absolute Gasteiger partial charge is 0.237 e. The predicted octanol–water partition coefficient (Wildman–Crippen LogP) is 9.48. The van der Waals surface area contributed by atoms with Crippen molar-refractivity contribution in [1.29, 1.82) is 0 Å². The molecule has 0 atom stereocenters. The number of rotatable bonds is 24. The quantitative estimate of drug-likeness (QED) is 0.110. The van der Waals surface area contributed by atoms with Gasteiger partial charge in [-0.2, -0.15) is 0 Å². The Morgan fingerprint density at radius 3 is 1.34 bits per heavy atom. The normalized spacial score (nSPS) is 11.5. The summed E-state index contributed by atoms with van der Waals surface area (Å²) in [5, 5.41) is 0. The minimum Gasteiger partial charge on any atom is -0.237 e. The first kappa shape index (κ1) is 29.2. The van der Waals surface area contributed by atoms with E-state index in [1.54, 1.807) is 0 Å². The van der Waals surface area contributed by atoms with Crippen molar-refractivity contribution in [3.63, 3.8) is 0 Å². The van der Waals surface area contributed by atoms with Gasteiger partial charge in [-0.05, 0) is 19.3 Å². The van der Waals surface area contributed by atoms with Crippen LogP contribution in [0.25, 0.3) is 0 Å². The molecule has 0 radical (unpaired) electrons. The highest BCUT2D eigenvalue weighted by Crippen LogP contribution is 2.13. The van der Waals surface area contributed by atoms with E-state index in [4.69, 9.17) is 0 Å². The van der Waals surface area contributed by atoms with E-state index in [2.05, 4.69) is 42.4 Å². The fourth-order valence-corrected chi connectivity index (χ4v) is 4.97. The van der Waals surface area contributed by atoms with E-state index in [-0.39, 0.29) is 0 Å². The predicted molar refractivity (Wildman–Crippen MR) is 142 cm³/mol. The lowest BCUT2D eigenvalue weighted by atomic mass is 10.0. The largest absolute Gasteiger partial charge is 0.256 e. The number of nitrogens with zero attached hydrogens (tertiary/aromatic N) is 2. The van der Waals surface area contributed by atoms with Crippen LogP contribution in [0.1, 0.15) is 161 Å². The number of aromatic nitrogens is 2. The Morgan fingerprint density at radius 1 is 0.531 bits per heavy atom. The van der Waals surface area contributed by atoms with Crippen LogP contribution in [-0.2, 0) is 20.0 Å². The van der Waals surface area contributed by atoms with Gasteiger partial charge in [-0.3, -0.25) is 0 Å². The summed E-state index contributed by atoms with van der Waals surface area (Å²) in [6.45, 7) is 5.82. The van der Waals surface area contributed by atoms with Gasteiger partial charge in [0.25, 0.3) is 5.82 Å². The molecule has 0 N–H and O–H groups in total. The summed E-state index contributed by atoms with van der Waals surface area (Å²) < 4.78 is 4.89. The standard InChI is InChI=1S/C30H59N2/c1-4-6-8-10-12-14-16-17-18-20-22-24-26-30-31(3)28-29-32(30)27-25-23-21-19-15-13-11-9-7-5-2/h28-29H,4-27H2,1-3H3/q+1. The lowest BCUT2D eigenvalue weighted by molar-refractivity contribution is -0.704. The highest BCUT2D eigenvalue weighted by atomic mass is 15.1. The molecule has 1 aromatic rings. The van der Waals surface area contributed by atoms with Crippen molar-refractivity contribution in [2.24, 2.45) is 7.05 Å². The Morgan fingerprint density at radius 2 is 0.906 bits per heavy atom. The van der Waals surface area contributed by atoms with Crippen molar-refractivity contribution in [2.45, 2.75) is 168 Å². The van der Waals surface area contributed by atoms with E-state index in [9.17, 15) is 0 Å². The first-order chi connectivity index (χ1) is 15.8. The van der Waals surface area contributed by atoms with Gasteiger partial charge in [-0.15, -0.1) is 0 Å². The van der Waals surface area contributed by atoms with E-state index in [0.717, 1.165) is 0 Å². The molecule has 0 bridgehead atoms. The van der Waals surface area contributed by atoms with E-state index >= 15 is 0 Å². The highest BCUT2D eigenvalue weighted by Gasteiger charge is 2.13. The zero-order valence-electron chi connectivity index (χ0n) is 22.5. The Kier molecular flexibility index (Phi) is 20.1. The Balaban J connectivity index is 1.99. The molecule has 0 spiro atoms. The molecular formula is C30H59N2+. The van der Waals surface area contributed by atoms with Crippen LogP contribution in [-0.4, -0.2) is 4.57 Å². The maximum atomic E-state index is 2.53. The fraction of sp³-hybridized carbons (Fsp3) is 0.900. The summed E-state index contributed by atoms with van der Waals surface area (Å²) in [6.07, 6.45) is 37.2. The van der Waals surface area contributed by atoms with Gasteiger partial charge in [0.1, 0.15) is 12.4 Å². The molecule has 188 valence electrons. The molecule has 2 heteroatoms. The van der Waals surface area contributed by atoms with Crippen LogP contribution in [0.3, 0.4) is 0 Å². The average molecular weight is 448 g/mol. The lowest BCUT2D eigenvalue weighted by Gasteiger charge is -2.05. The van der Waals surface area contributed by atoms with Gasteiger partial charge in [0.2, 0.25) is 0 Å². The van der Waals surface area contributed by atoms with Crippen molar-refractivity contribution in [3.8, 4) is 0 Å². The lowest BCUT2D eigenvalue weighted by Crippen LogP contribution is -2.37. The number of hydrogen-bond acceptors (Lipinski definition) is 0. The Bertz CT molecular complexity index is 505. The van der Waals surface area contributed by atoms with E-state index in [0.29, 0.717) is 0 Å². The van der Waals surface area contributed by atoms with Crippen LogP contribution < -0.4 is 4.57 Å². The molecule has 0 saturated heterocycles. The molecule has 1 heterocycles. The van der Waals surface area contributed by atoms with Gasteiger partial charge in [-0.1, -0.05) is 136 Å². The molecule has 0 unspecified atom stereocenters. The minimum absolute atomic E-state index is 1.21. The third kappa shape index (κ3) is 15.9. The molecule has 2 nitrogen and oxygen atoms in total. The molecule has 0 aromatic carbocycles. The summed E-state index contributed by atoms with van der Waals surface area (Å²) in [6, 6.07) is 0. The summed E-state index contributed by atoms with van der Waals surface area (Å²) in [4.78, 5) is 0. The number of aryl methyl sites for hydroxylation is 2. The van der Waals surface area contributed by atoms with Crippen molar-refractivity contribution in [3.05, 3.63) is 18.2 Å². The topological polar surface area (TPSA) is 8.81 Å². The van der Waals surface area contributed by atoms with Crippen LogP contribution >= 0.6 is 0 Å². The summed E-state index contributed by atoms with van der Waals surface area (Å²) in [5.74, 6) is 1.54. The zero-order chi connectivity index (χ0) is 23.1. The van der Waals surface area contributed by atoms with Gasteiger partial charge in [0.05, 0.1) is 13.6 Å². The summed E-state index contributed by atoms with van der Waals surface area (Å²) >= 11 is 0. The molecule has 0 fully saturated rings. The van der Waals surface area contributed by atoms with E-state index in [1.807, 2.05) is 0 Å². The average Bonchev–Trinajstić information content (AvgIpc) is 3.15. The van der Waals surface area contributed by atoms with Crippen LogP contribution in [0.4, 0.5) is 0 Å².